The Balaban J connectivity index is 2.21. The van der Waals surface area contributed by atoms with Crippen molar-refractivity contribution in [3.63, 3.8) is 0 Å². The van der Waals surface area contributed by atoms with E-state index < -0.39 is 29.0 Å². The minimum Gasteiger partial charge on any atom is -0.469 e. The zero-order valence-electron chi connectivity index (χ0n) is 7.71. The summed E-state index contributed by atoms with van der Waals surface area (Å²) in [5, 5.41) is 10.7. The van der Waals surface area contributed by atoms with E-state index in [1.807, 2.05) is 0 Å². The fraction of sp³-hybridized carbons (Fsp3) is 0.875. The highest BCUT2D eigenvalue weighted by Crippen LogP contribution is 2.40. The number of carbonyl (C=O) groups excluding carboxylic acids is 1. The lowest BCUT2D eigenvalue weighted by Gasteiger charge is -2.19. The van der Waals surface area contributed by atoms with Gasteiger partial charge in [0, 0.05) is 4.92 Å². The summed E-state index contributed by atoms with van der Waals surface area (Å²) < 4.78 is 9.88. The van der Waals surface area contributed by atoms with Crippen LogP contribution in [0.25, 0.3) is 0 Å². The second-order valence-electron chi connectivity index (χ2n) is 3.62. The summed E-state index contributed by atoms with van der Waals surface area (Å²) in [5.74, 6) is -1.24. The molecule has 0 spiro atoms. The van der Waals surface area contributed by atoms with E-state index in [2.05, 4.69) is 4.74 Å². The Morgan fingerprint density at radius 1 is 1.50 bits per heavy atom. The van der Waals surface area contributed by atoms with Crippen molar-refractivity contribution in [3.05, 3.63) is 10.1 Å². The lowest BCUT2D eigenvalue weighted by molar-refractivity contribution is -0.533. The Morgan fingerprint density at radius 3 is 2.71 bits per heavy atom. The van der Waals surface area contributed by atoms with E-state index in [1.54, 1.807) is 0 Å². The Bertz CT molecular complexity index is 279. The molecule has 0 aromatic rings. The Kier molecular flexibility index (Phi) is 2.14. The van der Waals surface area contributed by atoms with Gasteiger partial charge < -0.3 is 9.47 Å². The van der Waals surface area contributed by atoms with Crippen LogP contribution in [0.2, 0.25) is 0 Å². The predicted octanol–water partition coefficient (Wildman–Crippen LogP) is -0.0179. The van der Waals surface area contributed by atoms with Crippen LogP contribution in [0.3, 0.4) is 0 Å². The molecule has 0 N–H and O–H groups in total. The zero-order chi connectivity index (χ0) is 10.3. The first-order chi connectivity index (χ1) is 6.65. The molecule has 6 nitrogen and oxygen atoms in total. The third-order valence-corrected chi connectivity index (χ3v) is 2.95. The third kappa shape index (κ3) is 1.18. The average Bonchev–Trinajstić information content (AvgIpc) is 2.74. The van der Waals surface area contributed by atoms with Crippen molar-refractivity contribution in [2.75, 3.05) is 7.11 Å². The molecule has 0 radical (unpaired) electrons. The van der Waals surface area contributed by atoms with Crippen molar-refractivity contribution in [1.29, 1.82) is 0 Å². The first-order valence-corrected chi connectivity index (χ1v) is 4.52. The summed E-state index contributed by atoms with van der Waals surface area (Å²) in [5.41, 5.74) is 0. The molecule has 0 amide bonds. The van der Waals surface area contributed by atoms with E-state index in [9.17, 15) is 14.9 Å². The summed E-state index contributed by atoms with van der Waals surface area (Å²) in [4.78, 5) is 21.6. The summed E-state index contributed by atoms with van der Waals surface area (Å²) in [7, 11) is 1.24. The summed E-state index contributed by atoms with van der Waals surface area (Å²) in [6.07, 6.45) is 0.667. The molecule has 4 atom stereocenters. The number of hydrogen-bond donors (Lipinski definition) is 0. The molecule has 6 heteroatoms. The Morgan fingerprint density at radius 2 is 2.14 bits per heavy atom. The topological polar surface area (TPSA) is 78.7 Å². The van der Waals surface area contributed by atoms with E-state index in [0.29, 0.717) is 6.42 Å². The minimum absolute atomic E-state index is 0.317. The molecule has 2 fully saturated rings. The maximum atomic E-state index is 11.3. The van der Waals surface area contributed by atoms with Gasteiger partial charge in [-0.15, -0.1) is 0 Å². The molecule has 2 saturated heterocycles. The van der Waals surface area contributed by atoms with Gasteiger partial charge in [0.15, 0.2) is 5.92 Å². The van der Waals surface area contributed by atoms with Crippen molar-refractivity contribution in [2.45, 2.75) is 31.1 Å². The lowest BCUT2D eigenvalue weighted by atomic mass is 9.85. The number of ether oxygens (including phenoxy) is 2. The Labute approximate surface area is 80.3 Å². The molecule has 0 saturated carbocycles. The number of nitrogens with zero attached hydrogens (tertiary/aromatic N) is 1. The number of rotatable bonds is 2. The fourth-order valence-corrected chi connectivity index (χ4v) is 2.35. The van der Waals surface area contributed by atoms with Gasteiger partial charge in [-0.25, -0.2) is 0 Å². The monoisotopic (exact) mass is 201 g/mol. The van der Waals surface area contributed by atoms with Gasteiger partial charge in [-0.05, 0) is 12.8 Å². The van der Waals surface area contributed by atoms with E-state index in [0.717, 1.165) is 6.42 Å². The average molecular weight is 201 g/mol. The number of hydrogen-bond acceptors (Lipinski definition) is 5. The predicted molar refractivity (Wildman–Crippen MR) is 44.2 cm³/mol. The number of carbonyl (C=O) groups is 1. The van der Waals surface area contributed by atoms with E-state index >= 15 is 0 Å². The molecular formula is C8H11NO5. The smallest absolute Gasteiger partial charge is 0.318 e. The fourth-order valence-electron chi connectivity index (χ4n) is 2.35. The van der Waals surface area contributed by atoms with Gasteiger partial charge in [-0.2, -0.15) is 0 Å². The van der Waals surface area contributed by atoms with Crippen LogP contribution in [0.5, 0.6) is 0 Å². The first-order valence-electron chi connectivity index (χ1n) is 4.52. The molecular weight excluding hydrogens is 190 g/mol. The highest BCUT2D eigenvalue weighted by atomic mass is 16.6. The van der Waals surface area contributed by atoms with Gasteiger partial charge >= 0.3 is 5.97 Å². The van der Waals surface area contributed by atoms with E-state index in [-0.39, 0.29) is 6.10 Å². The first kappa shape index (κ1) is 9.39. The van der Waals surface area contributed by atoms with Crippen molar-refractivity contribution >= 4 is 5.97 Å². The molecule has 78 valence electrons. The molecule has 2 aliphatic rings. The van der Waals surface area contributed by atoms with Crippen LogP contribution < -0.4 is 0 Å². The van der Waals surface area contributed by atoms with Gasteiger partial charge in [0.25, 0.3) is 6.04 Å². The normalized spacial score (nSPS) is 39.8. The van der Waals surface area contributed by atoms with Crippen molar-refractivity contribution in [1.82, 2.24) is 0 Å². The van der Waals surface area contributed by atoms with Crippen LogP contribution >= 0.6 is 0 Å². The van der Waals surface area contributed by atoms with E-state index in [1.165, 1.54) is 7.11 Å². The maximum absolute atomic E-state index is 11.3. The molecule has 2 heterocycles. The van der Waals surface area contributed by atoms with Gasteiger partial charge in [0.2, 0.25) is 0 Å². The van der Waals surface area contributed by atoms with Crippen molar-refractivity contribution in [3.8, 4) is 0 Å². The highest BCUT2D eigenvalue weighted by Gasteiger charge is 2.59. The number of nitro groups is 1. The Hall–Kier alpha value is -1.17. The van der Waals surface area contributed by atoms with Crippen LogP contribution in [0.1, 0.15) is 12.8 Å². The molecule has 2 aliphatic heterocycles. The van der Waals surface area contributed by atoms with Crippen LogP contribution in [-0.4, -0.2) is 36.3 Å². The van der Waals surface area contributed by atoms with Crippen molar-refractivity contribution in [2.24, 2.45) is 5.92 Å². The summed E-state index contributed by atoms with van der Waals surface area (Å²) >= 11 is 0. The SMILES string of the molecule is COC(=O)[C@@H]1[C@@H]([N+](=O)[O-])[C@H]2CC[C@@H]1O2. The number of esters is 1. The van der Waals surface area contributed by atoms with Crippen molar-refractivity contribution < 1.29 is 19.2 Å². The molecule has 2 rings (SSSR count). The lowest BCUT2D eigenvalue weighted by Crippen LogP contribution is -2.43. The largest absolute Gasteiger partial charge is 0.469 e. The molecule has 0 aromatic heterocycles. The maximum Gasteiger partial charge on any atom is 0.318 e. The summed E-state index contributed by atoms with van der Waals surface area (Å²) in [6.45, 7) is 0. The number of methoxy groups -OCH3 is 1. The third-order valence-electron chi connectivity index (χ3n) is 2.95. The molecule has 0 aromatic carbocycles. The quantitative estimate of drug-likeness (QED) is 0.356. The van der Waals surface area contributed by atoms with Gasteiger partial charge in [-0.1, -0.05) is 0 Å². The zero-order valence-corrected chi connectivity index (χ0v) is 7.71. The van der Waals surface area contributed by atoms with Gasteiger partial charge in [-0.3, -0.25) is 14.9 Å². The summed E-state index contributed by atoms with van der Waals surface area (Å²) in [6, 6.07) is -0.916. The number of fused-ring (bicyclic) bond motifs is 2. The second-order valence-corrected chi connectivity index (χ2v) is 3.62. The van der Waals surface area contributed by atoms with Gasteiger partial charge in [0.05, 0.1) is 13.2 Å². The van der Waals surface area contributed by atoms with E-state index in [4.69, 9.17) is 4.74 Å². The second kappa shape index (κ2) is 3.20. The minimum atomic E-state index is -0.916. The van der Waals surface area contributed by atoms with Crippen LogP contribution in [0.4, 0.5) is 0 Å². The van der Waals surface area contributed by atoms with Gasteiger partial charge in [0.1, 0.15) is 6.10 Å². The molecule has 2 bridgehead atoms. The molecule has 0 aliphatic carbocycles. The molecule has 14 heavy (non-hydrogen) atoms. The standard InChI is InChI=1S/C8H11NO5/c1-13-8(10)6-4-2-3-5(14-4)7(6)9(11)12/h4-7H,2-3H2,1H3/t4-,5+,6-,7-/m0/s1. The molecule has 0 unspecified atom stereocenters. The highest BCUT2D eigenvalue weighted by molar-refractivity contribution is 5.74. The van der Waals surface area contributed by atoms with Crippen LogP contribution in [0.15, 0.2) is 0 Å². The van der Waals surface area contributed by atoms with Crippen LogP contribution in [-0.2, 0) is 14.3 Å². The van der Waals surface area contributed by atoms with Crippen LogP contribution in [0, 0.1) is 16.0 Å².